The predicted octanol–water partition coefficient (Wildman–Crippen LogP) is 2.22. The largest absolute Gasteiger partial charge is 0.341 e. The molecule has 2 atom stereocenters. The molecule has 2 heterocycles. The molecule has 2 N–H and O–H groups in total. The van der Waals surface area contributed by atoms with Gasteiger partial charge >= 0.3 is 0 Å². The number of aromatic nitrogens is 2. The molecule has 1 aromatic heterocycles. The van der Waals surface area contributed by atoms with Crippen molar-refractivity contribution in [1.82, 2.24) is 15.0 Å². The maximum absolute atomic E-state index is 12.7. The third kappa shape index (κ3) is 3.74. The number of carbonyl (C=O) groups is 1. The fourth-order valence-corrected chi connectivity index (χ4v) is 3.49. The fraction of sp³-hybridized carbons (Fsp3) is 0.526. The van der Waals surface area contributed by atoms with Gasteiger partial charge < -0.3 is 15.2 Å². The van der Waals surface area contributed by atoms with Crippen LogP contribution in [0, 0.1) is 0 Å². The highest BCUT2D eigenvalue weighted by atomic mass is 16.5. The SMILES string of the molecule is N[C@@H](Cc1ccccc1)C(=O)N1CCCC(c2noc(C3CC3)n2)C1. The first-order valence-electron chi connectivity index (χ1n) is 9.12. The Hall–Kier alpha value is -2.21. The summed E-state index contributed by atoms with van der Waals surface area (Å²) in [5, 5.41) is 4.15. The molecule has 1 aliphatic carbocycles. The second-order valence-electron chi connectivity index (χ2n) is 7.18. The number of amides is 1. The van der Waals surface area contributed by atoms with E-state index in [1.54, 1.807) is 0 Å². The van der Waals surface area contributed by atoms with Gasteiger partial charge in [0, 0.05) is 24.9 Å². The van der Waals surface area contributed by atoms with E-state index in [9.17, 15) is 4.79 Å². The van der Waals surface area contributed by atoms with E-state index >= 15 is 0 Å². The van der Waals surface area contributed by atoms with E-state index in [2.05, 4.69) is 10.1 Å². The Balaban J connectivity index is 1.38. The van der Waals surface area contributed by atoms with Crippen molar-refractivity contribution in [3.8, 4) is 0 Å². The van der Waals surface area contributed by atoms with Crippen LogP contribution in [-0.2, 0) is 11.2 Å². The highest BCUT2D eigenvalue weighted by Gasteiger charge is 2.33. The van der Waals surface area contributed by atoms with Crippen LogP contribution in [0.25, 0.3) is 0 Å². The molecular weight excluding hydrogens is 316 g/mol. The van der Waals surface area contributed by atoms with E-state index in [-0.39, 0.29) is 11.8 Å². The Morgan fingerprint density at radius 3 is 2.80 bits per heavy atom. The number of rotatable bonds is 5. The molecule has 1 aromatic carbocycles. The maximum Gasteiger partial charge on any atom is 0.239 e. The van der Waals surface area contributed by atoms with Gasteiger partial charge in [0.25, 0.3) is 0 Å². The van der Waals surface area contributed by atoms with Gasteiger partial charge in [0.05, 0.1) is 6.04 Å². The van der Waals surface area contributed by atoms with Crippen LogP contribution in [0.3, 0.4) is 0 Å². The van der Waals surface area contributed by atoms with Crippen molar-refractivity contribution >= 4 is 5.91 Å². The molecule has 1 amide bonds. The molecular formula is C19H24N4O2. The average Bonchev–Trinajstić information content (AvgIpc) is 3.39. The Morgan fingerprint density at radius 2 is 2.04 bits per heavy atom. The number of nitrogens with two attached hydrogens (primary N) is 1. The van der Waals surface area contributed by atoms with E-state index in [0.29, 0.717) is 18.9 Å². The van der Waals surface area contributed by atoms with Crippen LogP contribution in [0.15, 0.2) is 34.9 Å². The minimum absolute atomic E-state index is 0.0134. The molecule has 1 unspecified atom stereocenters. The Bertz CT molecular complexity index is 726. The zero-order chi connectivity index (χ0) is 17.2. The summed E-state index contributed by atoms with van der Waals surface area (Å²) in [6, 6.07) is 9.41. The summed E-state index contributed by atoms with van der Waals surface area (Å²) in [6.45, 7) is 1.39. The number of likely N-dealkylation sites (tertiary alicyclic amines) is 1. The van der Waals surface area contributed by atoms with Gasteiger partial charge in [-0.25, -0.2) is 0 Å². The quantitative estimate of drug-likeness (QED) is 0.902. The molecule has 4 rings (SSSR count). The standard InChI is InChI=1S/C19H24N4O2/c20-16(11-13-5-2-1-3-6-13)19(24)23-10-4-7-15(12-23)17-21-18(25-22-17)14-8-9-14/h1-3,5-6,14-16H,4,7-12,20H2/t15?,16-/m0/s1. The molecule has 0 radical (unpaired) electrons. The van der Waals surface area contributed by atoms with Crippen molar-refractivity contribution in [2.24, 2.45) is 5.73 Å². The van der Waals surface area contributed by atoms with Gasteiger partial charge in [-0.1, -0.05) is 35.5 Å². The zero-order valence-corrected chi connectivity index (χ0v) is 14.3. The highest BCUT2D eigenvalue weighted by molar-refractivity contribution is 5.82. The highest BCUT2D eigenvalue weighted by Crippen LogP contribution is 2.39. The summed E-state index contributed by atoms with van der Waals surface area (Å²) in [5.74, 6) is 2.13. The van der Waals surface area contributed by atoms with Crippen molar-refractivity contribution in [1.29, 1.82) is 0 Å². The van der Waals surface area contributed by atoms with Crippen LogP contribution in [-0.4, -0.2) is 40.1 Å². The summed E-state index contributed by atoms with van der Waals surface area (Å²) < 4.78 is 5.37. The van der Waals surface area contributed by atoms with E-state index in [1.165, 1.54) is 0 Å². The predicted molar refractivity (Wildman–Crippen MR) is 92.9 cm³/mol. The maximum atomic E-state index is 12.7. The lowest BCUT2D eigenvalue weighted by Crippen LogP contribution is -2.48. The third-order valence-electron chi connectivity index (χ3n) is 5.10. The molecule has 6 nitrogen and oxygen atoms in total. The molecule has 1 saturated carbocycles. The van der Waals surface area contributed by atoms with Crippen molar-refractivity contribution < 1.29 is 9.32 Å². The number of carbonyl (C=O) groups excluding carboxylic acids is 1. The van der Waals surface area contributed by atoms with Crippen molar-refractivity contribution in [3.63, 3.8) is 0 Å². The smallest absolute Gasteiger partial charge is 0.239 e. The van der Waals surface area contributed by atoms with Crippen LogP contribution in [0.2, 0.25) is 0 Å². The first-order chi connectivity index (χ1) is 12.2. The Morgan fingerprint density at radius 1 is 1.24 bits per heavy atom. The Labute approximate surface area is 147 Å². The lowest BCUT2D eigenvalue weighted by Gasteiger charge is -2.33. The van der Waals surface area contributed by atoms with Gasteiger partial charge in [0.1, 0.15) is 0 Å². The van der Waals surface area contributed by atoms with Crippen molar-refractivity contribution in [3.05, 3.63) is 47.6 Å². The van der Waals surface area contributed by atoms with E-state index in [1.807, 2.05) is 35.2 Å². The molecule has 2 aliphatic rings. The second-order valence-corrected chi connectivity index (χ2v) is 7.18. The summed E-state index contributed by atoms with van der Waals surface area (Å²) >= 11 is 0. The van der Waals surface area contributed by atoms with Crippen LogP contribution in [0.4, 0.5) is 0 Å². The lowest BCUT2D eigenvalue weighted by atomic mass is 9.96. The summed E-state index contributed by atoms with van der Waals surface area (Å²) in [5.41, 5.74) is 7.26. The van der Waals surface area contributed by atoms with Crippen LogP contribution >= 0.6 is 0 Å². The van der Waals surface area contributed by atoms with Gasteiger partial charge in [-0.2, -0.15) is 4.98 Å². The average molecular weight is 340 g/mol. The van der Waals surface area contributed by atoms with Gasteiger partial charge in [0.15, 0.2) is 5.82 Å². The molecule has 1 aliphatic heterocycles. The number of hydrogen-bond donors (Lipinski definition) is 1. The van der Waals surface area contributed by atoms with Gasteiger partial charge in [-0.05, 0) is 37.7 Å². The van der Waals surface area contributed by atoms with Crippen LogP contribution in [0.1, 0.15) is 54.8 Å². The van der Waals surface area contributed by atoms with Crippen LogP contribution < -0.4 is 5.73 Å². The van der Waals surface area contributed by atoms with Gasteiger partial charge in [-0.15, -0.1) is 0 Å². The van der Waals surface area contributed by atoms with Crippen LogP contribution in [0.5, 0.6) is 0 Å². The first kappa shape index (κ1) is 16.3. The summed E-state index contributed by atoms with van der Waals surface area (Å²) in [7, 11) is 0. The molecule has 132 valence electrons. The number of nitrogens with zero attached hydrogens (tertiary/aromatic N) is 3. The molecule has 0 spiro atoms. The van der Waals surface area contributed by atoms with Crippen molar-refractivity contribution in [2.45, 2.75) is 50.0 Å². The molecule has 2 fully saturated rings. The fourth-order valence-electron chi connectivity index (χ4n) is 3.49. The van der Waals surface area contributed by atoms with E-state index in [4.69, 9.17) is 10.3 Å². The minimum atomic E-state index is -0.506. The molecule has 0 bridgehead atoms. The molecule has 2 aromatic rings. The van der Waals surface area contributed by atoms with E-state index in [0.717, 1.165) is 49.5 Å². The molecule has 1 saturated heterocycles. The lowest BCUT2D eigenvalue weighted by molar-refractivity contribution is -0.133. The van der Waals surface area contributed by atoms with Crippen molar-refractivity contribution in [2.75, 3.05) is 13.1 Å². The monoisotopic (exact) mass is 340 g/mol. The second kappa shape index (κ2) is 6.96. The van der Waals surface area contributed by atoms with Gasteiger partial charge in [0.2, 0.25) is 11.8 Å². The minimum Gasteiger partial charge on any atom is -0.341 e. The molecule has 25 heavy (non-hydrogen) atoms. The summed E-state index contributed by atoms with van der Waals surface area (Å²) in [4.78, 5) is 19.2. The third-order valence-corrected chi connectivity index (χ3v) is 5.10. The molecule has 6 heteroatoms. The van der Waals surface area contributed by atoms with Gasteiger partial charge in [-0.3, -0.25) is 4.79 Å². The number of piperidine rings is 1. The Kier molecular flexibility index (Phi) is 4.53. The normalized spacial score (nSPS) is 22.0. The number of hydrogen-bond acceptors (Lipinski definition) is 5. The zero-order valence-electron chi connectivity index (χ0n) is 14.3. The first-order valence-corrected chi connectivity index (χ1v) is 9.12. The summed E-state index contributed by atoms with van der Waals surface area (Å²) in [6.07, 6.45) is 4.79. The van der Waals surface area contributed by atoms with E-state index < -0.39 is 6.04 Å². The number of benzene rings is 1. The topological polar surface area (TPSA) is 85.3 Å².